The predicted molar refractivity (Wildman–Crippen MR) is 71.2 cm³/mol. The van der Waals surface area contributed by atoms with Gasteiger partial charge in [-0.25, -0.2) is 0 Å². The maximum absolute atomic E-state index is 9.67. The fourth-order valence-electron chi connectivity index (χ4n) is 2.03. The van der Waals surface area contributed by atoms with Gasteiger partial charge in [0.1, 0.15) is 0 Å². The second kappa shape index (κ2) is 4.67. The van der Waals surface area contributed by atoms with Crippen molar-refractivity contribution >= 4 is 5.69 Å². The van der Waals surface area contributed by atoms with Crippen LogP contribution in [0.5, 0.6) is 0 Å². The van der Waals surface area contributed by atoms with Crippen LogP contribution in [-0.2, 0) is 13.0 Å². The lowest BCUT2D eigenvalue weighted by Gasteiger charge is -2.30. The second-order valence-electron chi connectivity index (χ2n) is 5.38. The van der Waals surface area contributed by atoms with Crippen molar-refractivity contribution in [1.82, 2.24) is 5.32 Å². The molecule has 0 fully saturated rings. The van der Waals surface area contributed by atoms with Crippen LogP contribution in [0.1, 0.15) is 31.9 Å². The molecule has 1 aromatic carbocycles. The van der Waals surface area contributed by atoms with Crippen LogP contribution in [0.15, 0.2) is 18.2 Å². The third-order valence-electron chi connectivity index (χ3n) is 3.71. The zero-order valence-corrected chi connectivity index (χ0v) is 10.9. The zero-order chi connectivity index (χ0) is 12.5. The molecule has 94 valence electrons. The van der Waals surface area contributed by atoms with Crippen molar-refractivity contribution in [3.63, 3.8) is 0 Å². The Morgan fingerprint density at radius 2 is 2.24 bits per heavy atom. The van der Waals surface area contributed by atoms with Crippen molar-refractivity contribution in [1.29, 1.82) is 0 Å². The van der Waals surface area contributed by atoms with Crippen molar-refractivity contribution < 1.29 is 5.11 Å². The number of benzene rings is 1. The highest BCUT2D eigenvalue weighted by Crippen LogP contribution is 2.26. The highest BCUT2D eigenvalue weighted by Gasteiger charge is 2.24. The molecule has 3 nitrogen and oxygen atoms in total. The summed E-state index contributed by atoms with van der Waals surface area (Å²) in [6.45, 7) is 7.68. The van der Waals surface area contributed by atoms with Gasteiger partial charge in [-0.3, -0.25) is 0 Å². The van der Waals surface area contributed by atoms with Crippen molar-refractivity contribution in [3.8, 4) is 0 Å². The molecule has 3 heteroatoms. The summed E-state index contributed by atoms with van der Waals surface area (Å²) in [7, 11) is 0. The summed E-state index contributed by atoms with van der Waals surface area (Å²) >= 11 is 0. The van der Waals surface area contributed by atoms with E-state index in [1.807, 2.05) is 20.8 Å². The third-order valence-corrected chi connectivity index (χ3v) is 3.71. The fraction of sp³-hybridized carbons (Fsp3) is 0.571. The molecule has 0 saturated heterocycles. The molecule has 0 amide bonds. The molecule has 1 heterocycles. The fourth-order valence-corrected chi connectivity index (χ4v) is 2.03. The van der Waals surface area contributed by atoms with Crippen LogP contribution < -0.4 is 10.6 Å². The molecule has 2 rings (SSSR count). The average molecular weight is 234 g/mol. The number of rotatable bonds is 4. The van der Waals surface area contributed by atoms with Crippen LogP contribution in [0, 0.1) is 0 Å². The molecule has 3 N–H and O–H groups in total. The van der Waals surface area contributed by atoms with E-state index in [-0.39, 0.29) is 11.6 Å². The van der Waals surface area contributed by atoms with Gasteiger partial charge in [0.15, 0.2) is 0 Å². The van der Waals surface area contributed by atoms with E-state index in [1.54, 1.807) is 0 Å². The Labute approximate surface area is 103 Å². The summed E-state index contributed by atoms with van der Waals surface area (Å²) < 4.78 is 0. The molecule has 0 saturated carbocycles. The minimum absolute atomic E-state index is 0.263. The van der Waals surface area contributed by atoms with Gasteiger partial charge in [0, 0.05) is 24.3 Å². The molecule has 0 spiro atoms. The summed E-state index contributed by atoms with van der Waals surface area (Å²) in [5.41, 5.74) is 3.70. The van der Waals surface area contributed by atoms with E-state index in [0.717, 1.165) is 19.5 Å². The molecule has 1 aromatic rings. The van der Waals surface area contributed by atoms with Crippen LogP contribution in [0.4, 0.5) is 5.69 Å². The lowest BCUT2D eigenvalue weighted by atomic mass is 9.98. The number of aliphatic hydroxyl groups is 1. The Bertz CT molecular complexity index is 399. The van der Waals surface area contributed by atoms with Gasteiger partial charge in [-0.2, -0.15) is 0 Å². The van der Waals surface area contributed by atoms with Gasteiger partial charge in [-0.1, -0.05) is 18.2 Å². The summed E-state index contributed by atoms with van der Waals surface area (Å²) in [6.07, 6.45) is 0.746. The lowest BCUT2D eigenvalue weighted by Crippen LogP contribution is -2.47. The van der Waals surface area contributed by atoms with Crippen molar-refractivity contribution in [2.24, 2.45) is 0 Å². The maximum atomic E-state index is 9.67. The minimum Gasteiger partial charge on any atom is -0.392 e. The Balaban J connectivity index is 2.08. The van der Waals surface area contributed by atoms with Crippen molar-refractivity contribution in [2.45, 2.75) is 45.4 Å². The van der Waals surface area contributed by atoms with Crippen LogP contribution in [0.25, 0.3) is 0 Å². The van der Waals surface area contributed by atoms with E-state index in [0.29, 0.717) is 0 Å². The van der Waals surface area contributed by atoms with E-state index in [2.05, 4.69) is 28.8 Å². The number of aliphatic hydroxyl groups excluding tert-OH is 1. The van der Waals surface area contributed by atoms with E-state index in [4.69, 9.17) is 0 Å². The summed E-state index contributed by atoms with van der Waals surface area (Å²) in [5.74, 6) is 0. The van der Waals surface area contributed by atoms with Gasteiger partial charge >= 0.3 is 0 Å². The van der Waals surface area contributed by atoms with Gasteiger partial charge in [0.25, 0.3) is 0 Å². The molecule has 1 unspecified atom stereocenters. The first kappa shape index (κ1) is 12.4. The number of fused-ring (bicyclic) bond motifs is 1. The van der Waals surface area contributed by atoms with Crippen LogP contribution in [0.3, 0.4) is 0 Å². The Kier molecular flexibility index (Phi) is 3.40. The quantitative estimate of drug-likeness (QED) is 0.745. The smallest absolute Gasteiger partial charge is 0.0688 e. The molecule has 1 atom stereocenters. The Morgan fingerprint density at radius 3 is 2.94 bits per heavy atom. The average Bonchev–Trinajstić information content (AvgIpc) is 2.74. The van der Waals surface area contributed by atoms with Crippen molar-refractivity contribution in [2.75, 3.05) is 11.9 Å². The van der Waals surface area contributed by atoms with Gasteiger partial charge in [0.05, 0.1) is 6.10 Å². The molecule has 0 aromatic heterocycles. The van der Waals surface area contributed by atoms with E-state index in [1.165, 1.54) is 16.8 Å². The van der Waals surface area contributed by atoms with Gasteiger partial charge in [-0.15, -0.1) is 0 Å². The van der Waals surface area contributed by atoms with Crippen molar-refractivity contribution in [3.05, 3.63) is 29.3 Å². The van der Waals surface area contributed by atoms with Gasteiger partial charge in [-0.05, 0) is 38.3 Å². The molecule has 0 aliphatic carbocycles. The number of hydrogen-bond acceptors (Lipinski definition) is 3. The first-order valence-corrected chi connectivity index (χ1v) is 6.28. The number of hydrogen-bond donors (Lipinski definition) is 3. The second-order valence-corrected chi connectivity index (χ2v) is 5.38. The maximum Gasteiger partial charge on any atom is 0.0688 e. The monoisotopic (exact) mass is 234 g/mol. The van der Waals surface area contributed by atoms with E-state index < -0.39 is 0 Å². The van der Waals surface area contributed by atoms with Gasteiger partial charge in [0.2, 0.25) is 0 Å². The third kappa shape index (κ3) is 2.61. The first-order valence-electron chi connectivity index (χ1n) is 6.28. The molecule has 1 aliphatic heterocycles. The minimum atomic E-state index is -0.368. The standard InChI is InChI=1S/C14H22N2O/c1-10(17)14(2,3)16-9-12-6-4-5-11-7-8-15-13(11)12/h4-6,10,15-17H,7-9H2,1-3H3. The topological polar surface area (TPSA) is 44.3 Å². The molecule has 0 bridgehead atoms. The van der Waals surface area contributed by atoms with Crippen LogP contribution in [-0.4, -0.2) is 23.3 Å². The highest BCUT2D eigenvalue weighted by atomic mass is 16.3. The van der Waals surface area contributed by atoms with Gasteiger partial charge < -0.3 is 15.7 Å². The predicted octanol–water partition coefficient (Wildman–Crippen LogP) is 1.90. The normalized spacial score (nSPS) is 16.5. The number of para-hydroxylation sites is 1. The summed E-state index contributed by atoms with van der Waals surface area (Å²) in [4.78, 5) is 0. The number of anilines is 1. The van der Waals surface area contributed by atoms with Crippen LogP contribution >= 0.6 is 0 Å². The summed E-state index contributed by atoms with van der Waals surface area (Å²) in [6, 6.07) is 6.43. The number of nitrogens with one attached hydrogen (secondary N) is 2. The lowest BCUT2D eigenvalue weighted by molar-refractivity contribution is 0.0957. The highest BCUT2D eigenvalue weighted by molar-refractivity contribution is 5.61. The largest absolute Gasteiger partial charge is 0.392 e. The van der Waals surface area contributed by atoms with E-state index in [9.17, 15) is 5.11 Å². The summed E-state index contributed by atoms with van der Waals surface area (Å²) in [5, 5.41) is 16.5. The first-order chi connectivity index (χ1) is 8.00. The molecular formula is C14H22N2O. The molecule has 1 aliphatic rings. The Hall–Kier alpha value is -1.06. The molecular weight excluding hydrogens is 212 g/mol. The molecule has 17 heavy (non-hydrogen) atoms. The Morgan fingerprint density at radius 1 is 1.47 bits per heavy atom. The molecule has 0 radical (unpaired) electrons. The SMILES string of the molecule is CC(O)C(C)(C)NCc1cccc2c1NCC2. The van der Waals surface area contributed by atoms with E-state index >= 15 is 0 Å². The van der Waals surface area contributed by atoms with Crippen LogP contribution in [0.2, 0.25) is 0 Å². The zero-order valence-electron chi connectivity index (χ0n) is 10.9.